The maximum absolute atomic E-state index is 11.1. The number of hydrogen-bond donors (Lipinski definition) is 1. The number of carbonyl (C=O) groups excluding carboxylic acids is 1. The fourth-order valence-corrected chi connectivity index (χ4v) is 1.85. The molecule has 1 fully saturated rings. The van der Waals surface area contributed by atoms with E-state index in [4.69, 9.17) is 10.5 Å². The summed E-state index contributed by atoms with van der Waals surface area (Å²) in [6, 6.07) is 0.0662. The van der Waals surface area contributed by atoms with E-state index in [2.05, 4.69) is 4.74 Å². The highest BCUT2D eigenvalue weighted by Crippen LogP contribution is 2.35. The van der Waals surface area contributed by atoms with Gasteiger partial charge in [-0.1, -0.05) is 0 Å². The molecule has 2 N–H and O–H groups in total. The summed E-state index contributed by atoms with van der Waals surface area (Å²) in [4.78, 5) is 11.1. The van der Waals surface area contributed by atoms with E-state index >= 15 is 0 Å². The Balaban J connectivity index is 0.00000225. The van der Waals surface area contributed by atoms with Crippen molar-refractivity contribution in [3.8, 4) is 0 Å². The number of methoxy groups -OCH3 is 1. The lowest BCUT2D eigenvalue weighted by molar-refractivity contribution is -0.157. The van der Waals surface area contributed by atoms with Crippen LogP contribution in [0.1, 0.15) is 33.6 Å². The van der Waals surface area contributed by atoms with E-state index in [0.29, 0.717) is 6.42 Å². The van der Waals surface area contributed by atoms with Crippen LogP contribution < -0.4 is 5.73 Å². The lowest BCUT2D eigenvalue weighted by Gasteiger charge is -2.44. The highest BCUT2D eigenvalue weighted by Gasteiger charge is 2.42. The van der Waals surface area contributed by atoms with E-state index in [-0.39, 0.29) is 42.0 Å². The molecule has 0 radical (unpaired) electrons. The minimum absolute atomic E-state index is 0. The predicted octanol–water partition coefficient (Wildman–Crippen LogP) is 1.50. The number of rotatable bonds is 3. The minimum atomic E-state index is -0.211. The highest BCUT2D eigenvalue weighted by molar-refractivity contribution is 5.85. The van der Waals surface area contributed by atoms with E-state index in [1.165, 1.54) is 7.11 Å². The van der Waals surface area contributed by atoms with Crippen LogP contribution in [0.25, 0.3) is 0 Å². The van der Waals surface area contributed by atoms with Gasteiger partial charge in [-0.3, -0.25) is 4.79 Å². The van der Waals surface area contributed by atoms with E-state index < -0.39 is 0 Å². The molecule has 0 aromatic heterocycles. The van der Waals surface area contributed by atoms with Crippen LogP contribution in [0, 0.1) is 5.92 Å². The van der Waals surface area contributed by atoms with Crippen molar-refractivity contribution in [1.29, 1.82) is 0 Å². The standard InChI is InChI=1S/C11H21NO3.ClH/c1-11(2,3)15-9-6-8(12)7(9)5-10(13)14-4;/h7-9H,5-6,12H2,1-4H3;1H. The van der Waals surface area contributed by atoms with Crippen LogP contribution in [-0.2, 0) is 14.3 Å². The molecule has 0 spiro atoms. The molecular formula is C11H22ClNO3. The predicted molar refractivity (Wildman–Crippen MR) is 64.6 cm³/mol. The zero-order chi connectivity index (χ0) is 11.6. The van der Waals surface area contributed by atoms with Crippen LogP contribution in [0.2, 0.25) is 0 Å². The lowest BCUT2D eigenvalue weighted by atomic mass is 9.74. The molecule has 3 unspecified atom stereocenters. The zero-order valence-corrected chi connectivity index (χ0v) is 11.2. The van der Waals surface area contributed by atoms with Gasteiger partial charge in [0, 0.05) is 12.0 Å². The van der Waals surface area contributed by atoms with Gasteiger partial charge < -0.3 is 15.2 Å². The quantitative estimate of drug-likeness (QED) is 0.773. The van der Waals surface area contributed by atoms with Crippen LogP contribution in [-0.4, -0.2) is 30.8 Å². The normalized spacial score (nSPS) is 28.9. The topological polar surface area (TPSA) is 61.5 Å². The summed E-state index contributed by atoms with van der Waals surface area (Å²) in [7, 11) is 1.39. The smallest absolute Gasteiger partial charge is 0.305 e. The molecule has 0 bridgehead atoms. The van der Waals surface area contributed by atoms with Crippen molar-refractivity contribution in [2.24, 2.45) is 11.7 Å². The van der Waals surface area contributed by atoms with Crippen LogP contribution >= 0.6 is 12.4 Å². The maximum atomic E-state index is 11.1. The molecule has 4 nitrogen and oxygen atoms in total. The molecule has 1 aliphatic carbocycles. The van der Waals surface area contributed by atoms with Crippen molar-refractivity contribution >= 4 is 18.4 Å². The van der Waals surface area contributed by atoms with Crippen molar-refractivity contribution in [2.75, 3.05) is 7.11 Å². The molecule has 0 aromatic carbocycles. The number of hydrogen-bond acceptors (Lipinski definition) is 4. The molecule has 0 aliphatic heterocycles. The van der Waals surface area contributed by atoms with Gasteiger partial charge in [-0.15, -0.1) is 12.4 Å². The Bertz CT molecular complexity index is 240. The maximum Gasteiger partial charge on any atom is 0.305 e. The second-order valence-electron chi connectivity index (χ2n) is 5.11. The molecule has 5 heteroatoms. The van der Waals surface area contributed by atoms with E-state index in [9.17, 15) is 4.79 Å². The molecule has 0 heterocycles. The van der Waals surface area contributed by atoms with Gasteiger partial charge in [0.05, 0.1) is 25.2 Å². The first-order valence-electron chi connectivity index (χ1n) is 5.33. The molecule has 3 atom stereocenters. The third kappa shape index (κ3) is 4.28. The van der Waals surface area contributed by atoms with Gasteiger partial charge >= 0.3 is 5.97 Å². The average molecular weight is 252 g/mol. The van der Waals surface area contributed by atoms with E-state index in [1.54, 1.807) is 0 Å². The second-order valence-corrected chi connectivity index (χ2v) is 5.11. The fraction of sp³-hybridized carbons (Fsp3) is 0.909. The first-order valence-corrected chi connectivity index (χ1v) is 5.33. The molecular weight excluding hydrogens is 230 g/mol. The summed E-state index contributed by atoms with van der Waals surface area (Å²) < 4.78 is 10.4. The molecule has 1 rings (SSSR count). The Kier molecular flexibility index (Phi) is 5.73. The first-order chi connectivity index (χ1) is 6.83. The Morgan fingerprint density at radius 1 is 1.44 bits per heavy atom. The third-order valence-corrected chi connectivity index (χ3v) is 2.67. The third-order valence-electron chi connectivity index (χ3n) is 2.67. The Morgan fingerprint density at radius 2 is 2.00 bits per heavy atom. The summed E-state index contributed by atoms with van der Waals surface area (Å²) >= 11 is 0. The summed E-state index contributed by atoms with van der Waals surface area (Å²) in [6.45, 7) is 6.02. The van der Waals surface area contributed by atoms with Crippen LogP contribution in [0.3, 0.4) is 0 Å². The largest absolute Gasteiger partial charge is 0.469 e. The van der Waals surface area contributed by atoms with Gasteiger partial charge in [-0.2, -0.15) is 0 Å². The van der Waals surface area contributed by atoms with Gasteiger partial charge in [-0.05, 0) is 27.2 Å². The highest BCUT2D eigenvalue weighted by atomic mass is 35.5. The minimum Gasteiger partial charge on any atom is -0.469 e. The van der Waals surface area contributed by atoms with Gasteiger partial charge in [0.25, 0.3) is 0 Å². The summed E-state index contributed by atoms with van der Waals surface area (Å²) in [6.07, 6.45) is 1.29. The van der Waals surface area contributed by atoms with Crippen molar-refractivity contribution in [2.45, 2.75) is 51.4 Å². The molecule has 1 saturated carbocycles. The average Bonchev–Trinajstić information content (AvgIpc) is 2.11. The summed E-state index contributed by atoms with van der Waals surface area (Å²) in [5.41, 5.74) is 5.67. The Hall–Kier alpha value is -0.320. The van der Waals surface area contributed by atoms with Crippen LogP contribution in [0.15, 0.2) is 0 Å². The van der Waals surface area contributed by atoms with Crippen molar-refractivity contribution in [3.63, 3.8) is 0 Å². The molecule has 1 aliphatic rings. The number of halogens is 1. The Labute approximate surface area is 103 Å². The van der Waals surface area contributed by atoms with Gasteiger partial charge in [0.15, 0.2) is 0 Å². The molecule has 16 heavy (non-hydrogen) atoms. The van der Waals surface area contributed by atoms with E-state index in [1.807, 2.05) is 20.8 Å². The zero-order valence-electron chi connectivity index (χ0n) is 10.4. The van der Waals surface area contributed by atoms with E-state index in [0.717, 1.165) is 6.42 Å². The summed E-state index contributed by atoms with van der Waals surface area (Å²) in [5.74, 6) is -0.102. The van der Waals surface area contributed by atoms with Gasteiger partial charge in [-0.25, -0.2) is 0 Å². The van der Waals surface area contributed by atoms with Crippen LogP contribution in [0.4, 0.5) is 0 Å². The first kappa shape index (κ1) is 15.7. The molecule has 0 amide bonds. The molecule has 0 saturated heterocycles. The number of carbonyl (C=O) groups is 1. The SMILES string of the molecule is COC(=O)CC1C(N)CC1OC(C)(C)C.Cl. The lowest BCUT2D eigenvalue weighted by Crippen LogP contribution is -2.55. The number of esters is 1. The van der Waals surface area contributed by atoms with Gasteiger partial charge in [0.2, 0.25) is 0 Å². The summed E-state index contributed by atoms with van der Waals surface area (Å²) in [5, 5.41) is 0. The molecule has 0 aromatic rings. The van der Waals surface area contributed by atoms with Crippen molar-refractivity contribution in [3.05, 3.63) is 0 Å². The van der Waals surface area contributed by atoms with Crippen LogP contribution in [0.5, 0.6) is 0 Å². The number of ether oxygens (including phenoxy) is 2. The monoisotopic (exact) mass is 251 g/mol. The fourth-order valence-electron chi connectivity index (χ4n) is 1.85. The van der Waals surface area contributed by atoms with Gasteiger partial charge in [0.1, 0.15) is 0 Å². The van der Waals surface area contributed by atoms with Crippen molar-refractivity contribution < 1.29 is 14.3 Å². The van der Waals surface area contributed by atoms with Crippen molar-refractivity contribution in [1.82, 2.24) is 0 Å². The second kappa shape index (κ2) is 5.84. The molecule has 96 valence electrons. The Morgan fingerprint density at radius 3 is 2.38 bits per heavy atom. The number of nitrogens with two attached hydrogens (primary N) is 1.